The highest BCUT2D eigenvalue weighted by molar-refractivity contribution is 6.08. The Bertz CT molecular complexity index is 179. The van der Waals surface area contributed by atoms with Gasteiger partial charge < -0.3 is 25.7 Å². The molecule has 0 bridgehead atoms. The van der Waals surface area contributed by atoms with Gasteiger partial charge in [-0.2, -0.15) is 0 Å². The first kappa shape index (κ1) is 13.5. The van der Waals surface area contributed by atoms with Gasteiger partial charge in [-0.1, -0.05) is 0 Å². The SMILES string of the molecule is [B]CNCC(=O)C(O)C(O)C(O)CO. The summed E-state index contributed by atoms with van der Waals surface area (Å²) in [6, 6.07) is 0. The van der Waals surface area contributed by atoms with Crippen LogP contribution in [0, 0.1) is 0 Å². The van der Waals surface area contributed by atoms with Crippen molar-refractivity contribution in [1.29, 1.82) is 0 Å². The van der Waals surface area contributed by atoms with Gasteiger partial charge in [0.05, 0.1) is 21.0 Å². The molecule has 3 unspecified atom stereocenters. The number of rotatable bonds is 7. The molecule has 7 heteroatoms. The van der Waals surface area contributed by atoms with Crippen molar-refractivity contribution in [3.05, 3.63) is 0 Å². The van der Waals surface area contributed by atoms with Crippen LogP contribution in [0.4, 0.5) is 0 Å². The number of hydrogen-bond acceptors (Lipinski definition) is 6. The van der Waals surface area contributed by atoms with Gasteiger partial charge in [0, 0.05) is 0 Å². The van der Waals surface area contributed by atoms with Crippen LogP contribution in [0.5, 0.6) is 0 Å². The number of Topliss-reactive ketones (excluding diaryl/α,β-unsaturated/α-hetero) is 1. The van der Waals surface area contributed by atoms with Crippen LogP contribution in [0.25, 0.3) is 0 Å². The lowest BCUT2D eigenvalue weighted by Gasteiger charge is -2.20. The zero-order chi connectivity index (χ0) is 11.1. The van der Waals surface area contributed by atoms with E-state index in [0.717, 1.165) is 0 Å². The van der Waals surface area contributed by atoms with Crippen LogP contribution in [0.2, 0.25) is 0 Å². The third-order valence-corrected chi connectivity index (χ3v) is 1.68. The summed E-state index contributed by atoms with van der Waals surface area (Å²) in [5, 5.41) is 38.1. The average Bonchev–Trinajstić information content (AvgIpc) is 2.22. The topological polar surface area (TPSA) is 110 Å². The van der Waals surface area contributed by atoms with Gasteiger partial charge >= 0.3 is 0 Å². The molecule has 14 heavy (non-hydrogen) atoms. The molecule has 0 aromatic heterocycles. The van der Waals surface area contributed by atoms with Crippen molar-refractivity contribution in [3.63, 3.8) is 0 Å². The Morgan fingerprint density at radius 3 is 2.36 bits per heavy atom. The molecule has 0 spiro atoms. The first-order chi connectivity index (χ1) is 6.54. The molecule has 0 rings (SSSR count). The van der Waals surface area contributed by atoms with Crippen LogP contribution in [-0.4, -0.2) is 72.0 Å². The van der Waals surface area contributed by atoms with E-state index in [1.807, 2.05) is 0 Å². The number of aliphatic hydroxyl groups excluding tert-OH is 4. The van der Waals surface area contributed by atoms with Gasteiger partial charge in [-0.3, -0.25) is 4.79 Å². The summed E-state index contributed by atoms with van der Waals surface area (Å²) >= 11 is 0. The van der Waals surface area contributed by atoms with E-state index in [1.165, 1.54) is 0 Å². The van der Waals surface area contributed by atoms with Crippen molar-refractivity contribution < 1.29 is 25.2 Å². The van der Waals surface area contributed by atoms with E-state index in [0.29, 0.717) is 0 Å². The standard InChI is InChI=1S/C7H14BNO5/c8-3-9-1-4(11)6(13)7(14)5(12)2-10/h5-7,9-10,12-14H,1-3H2. The van der Waals surface area contributed by atoms with Crippen LogP contribution < -0.4 is 5.32 Å². The lowest BCUT2D eigenvalue weighted by Crippen LogP contribution is -2.46. The molecule has 80 valence electrons. The minimum atomic E-state index is -1.73. The van der Waals surface area contributed by atoms with Gasteiger partial charge in [-0.25, -0.2) is 0 Å². The number of nitrogens with one attached hydrogen (secondary N) is 1. The number of carbonyl (C=O) groups excluding carboxylic acids is 1. The predicted molar refractivity (Wildman–Crippen MR) is 48.7 cm³/mol. The summed E-state index contributed by atoms with van der Waals surface area (Å²) < 4.78 is 0. The van der Waals surface area contributed by atoms with E-state index < -0.39 is 30.7 Å². The molecule has 0 amide bonds. The highest BCUT2D eigenvalue weighted by Crippen LogP contribution is 2.00. The summed E-state index contributed by atoms with van der Waals surface area (Å²) in [6.45, 7) is -0.928. The van der Waals surface area contributed by atoms with Crippen molar-refractivity contribution in [3.8, 4) is 0 Å². The zero-order valence-corrected chi connectivity index (χ0v) is 7.63. The molecule has 0 saturated carbocycles. The molecule has 0 aliphatic rings. The van der Waals surface area contributed by atoms with Crippen LogP contribution in [0.3, 0.4) is 0 Å². The van der Waals surface area contributed by atoms with Crippen LogP contribution in [0.15, 0.2) is 0 Å². The first-order valence-corrected chi connectivity index (χ1v) is 4.13. The smallest absolute Gasteiger partial charge is 0.177 e. The number of ketones is 1. The van der Waals surface area contributed by atoms with Gasteiger partial charge in [-0.15, -0.1) is 0 Å². The summed E-state index contributed by atoms with van der Waals surface area (Å²) in [5.41, 5.74) is 0. The Morgan fingerprint density at radius 2 is 1.93 bits per heavy atom. The van der Waals surface area contributed by atoms with Crippen LogP contribution in [0.1, 0.15) is 0 Å². The molecule has 0 aliphatic carbocycles. The fourth-order valence-electron chi connectivity index (χ4n) is 0.809. The Morgan fingerprint density at radius 1 is 1.36 bits per heavy atom. The second kappa shape index (κ2) is 6.91. The predicted octanol–water partition coefficient (Wildman–Crippen LogP) is -3.65. The number of aliphatic hydroxyl groups is 4. The zero-order valence-electron chi connectivity index (χ0n) is 7.63. The van der Waals surface area contributed by atoms with E-state index in [2.05, 4.69) is 5.32 Å². The lowest BCUT2D eigenvalue weighted by atomic mass is 10.0. The molecule has 5 N–H and O–H groups in total. The lowest BCUT2D eigenvalue weighted by molar-refractivity contribution is -0.139. The molecule has 0 aromatic carbocycles. The van der Waals surface area contributed by atoms with E-state index in [-0.39, 0.29) is 13.0 Å². The fourth-order valence-corrected chi connectivity index (χ4v) is 0.809. The Hall–Kier alpha value is -0.465. The minimum absolute atomic E-state index is 0.0666. The monoisotopic (exact) mass is 203 g/mol. The average molecular weight is 203 g/mol. The molecule has 2 radical (unpaired) electrons. The van der Waals surface area contributed by atoms with E-state index in [1.54, 1.807) is 0 Å². The maximum absolute atomic E-state index is 11.0. The van der Waals surface area contributed by atoms with Crippen molar-refractivity contribution in [2.45, 2.75) is 18.3 Å². The van der Waals surface area contributed by atoms with Gasteiger partial charge in [0.15, 0.2) is 5.78 Å². The number of carbonyl (C=O) groups is 1. The quantitative estimate of drug-likeness (QED) is 0.273. The Kier molecular flexibility index (Phi) is 6.68. The normalized spacial score (nSPS) is 17.4. The highest BCUT2D eigenvalue weighted by Gasteiger charge is 2.29. The van der Waals surface area contributed by atoms with E-state index in [4.69, 9.17) is 28.3 Å². The Labute approximate surface area is 83.0 Å². The molecular weight excluding hydrogens is 189 g/mol. The van der Waals surface area contributed by atoms with Crippen LogP contribution in [-0.2, 0) is 4.79 Å². The van der Waals surface area contributed by atoms with Crippen molar-refractivity contribution in [2.24, 2.45) is 0 Å². The molecular formula is C7H14BNO5. The summed E-state index contributed by atoms with van der Waals surface area (Å²) in [6.07, 6.45) is -4.88. The van der Waals surface area contributed by atoms with E-state index >= 15 is 0 Å². The second-order valence-corrected chi connectivity index (χ2v) is 2.78. The third-order valence-electron chi connectivity index (χ3n) is 1.68. The highest BCUT2D eigenvalue weighted by atomic mass is 16.4. The fraction of sp³-hybridized carbons (Fsp3) is 0.857. The summed E-state index contributed by atoms with van der Waals surface area (Å²) in [4.78, 5) is 11.0. The molecule has 6 nitrogen and oxygen atoms in total. The van der Waals surface area contributed by atoms with Gasteiger partial charge in [0.1, 0.15) is 18.3 Å². The second-order valence-electron chi connectivity index (χ2n) is 2.78. The maximum Gasteiger partial charge on any atom is 0.177 e. The molecule has 0 aromatic rings. The van der Waals surface area contributed by atoms with Crippen molar-refractivity contribution in [1.82, 2.24) is 5.32 Å². The molecule has 0 fully saturated rings. The number of hydrogen-bond donors (Lipinski definition) is 5. The van der Waals surface area contributed by atoms with Gasteiger partial charge in [0.25, 0.3) is 0 Å². The van der Waals surface area contributed by atoms with Gasteiger partial charge in [0.2, 0.25) is 0 Å². The molecule has 0 heterocycles. The van der Waals surface area contributed by atoms with Gasteiger partial charge in [-0.05, 0) is 6.44 Å². The molecule has 0 aliphatic heterocycles. The van der Waals surface area contributed by atoms with Crippen molar-refractivity contribution >= 4 is 13.6 Å². The van der Waals surface area contributed by atoms with Crippen LogP contribution >= 0.6 is 0 Å². The largest absolute Gasteiger partial charge is 0.394 e. The Balaban J connectivity index is 4.03. The summed E-state index contributed by atoms with van der Waals surface area (Å²) in [5.74, 6) is -0.699. The maximum atomic E-state index is 11.0. The van der Waals surface area contributed by atoms with E-state index in [9.17, 15) is 4.79 Å². The first-order valence-electron chi connectivity index (χ1n) is 4.13. The van der Waals surface area contributed by atoms with Crippen molar-refractivity contribution in [2.75, 3.05) is 19.6 Å². The molecule has 0 saturated heterocycles. The molecule has 3 atom stereocenters. The minimum Gasteiger partial charge on any atom is -0.394 e. The summed E-state index contributed by atoms with van der Waals surface area (Å²) in [7, 11) is 5.04. The third kappa shape index (κ3) is 4.16.